The number of aromatic nitrogens is 3. The molecule has 0 bridgehead atoms. The van der Waals surface area contributed by atoms with Crippen molar-refractivity contribution in [3.05, 3.63) is 5.28 Å². The number of hydrogen-bond acceptors (Lipinski definition) is 5. The van der Waals surface area contributed by atoms with E-state index in [0.717, 1.165) is 0 Å². The first-order valence-electron chi connectivity index (χ1n) is 5.37. The summed E-state index contributed by atoms with van der Waals surface area (Å²) in [6.45, 7) is 7.46. The molecular formula is C10H16ClN5O. The quantitative estimate of drug-likeness (QED) is 0.862. The molecule has 1 rings (SSSR count). The maximum absolute atomic E-state index is 11.5. The lowest BCUT2D eigenvalue weighted by molar-refractivity contribution is -0.118. The number of nitrogens with zero attached hydrogens (tertiary/aromatic N) is 3. The summed E-state index contributed by atoms with van der Waals surface area (Å²) in [4.78, 5) is 23.3. The zero-order valence-electron chi connectivity index (χ0n) is 10.3. The predicted octanol–water partition coefficient (Wildman–Crippen LogP) is 1.94. The minimum atomic E-state index is -0.164. The van der Waals surface area contributed by atoms with Crippen LogP contribution in [0.4, 0.5) is 11.9 Å². The van der Waals surface area contributed by atoms with Gasteiger partial charge in [-0.25, -0.2) is 0 Å². The Labute approximate surface area is 105 Å². The lowest BCUT2D eigenvalue weighted by Gasteiger charge is -2.10. The molecule has 6 nitrogen and oxygen atoms in total. The van der Waals surface area contributed by atoms with E-state index in [4.69, 9.17) is 11.6 Å². The maximum atomic E-state index is 11.5. The predicted molar refractivity (Wildman–Crippen MR) is 67.1 cm³/mol. The zero-order valence-corrected chi connectivity index (χ0v) is 11.0. The topological polar surface area (TPSA) is 79.8 Å². The van der Waals surface area contributed by atoms with Crippen LogP contribution in [0.2, 0.25) is 5.28 Å². The molecule has 0 aromatic carbocycles. The van der Waals surface area contributed by atoms with Gasteiger partial charge in [0.1, 0.15) is 0 Å². The summed E-state index contributed by atoms with van der Waals surface area (Å²) in [7, 11) is 0. The number of halogens is 1. The second-order valence-corrected chi connectivity index (χ2v) is 4.53. The summed E-state index contributed by atoms with van der Waals surface area (Å²) in [5.41, 5.74) is 0. The molecule has 1 aromatic heterocycles. The van der Waals surface area contributed by atoms with Crippen molar-refractivity contribution in [1.29, 1.82) is 0 Å². The third-order valence-electron chi connectivity index (χ3n) is 1.79. The van der Waals surface area contributed by atoms with Gasteiger partial charge >= 0.3 is 0 Å². The first-order chi connectivity index (χ1) is 7.88. The van der Waals surface area contributed by atoms with Crippen molar-refractivity contribution in [2.24, 2.45) is 5.92 Å². The number of carbonyl (C=O) groups excluding carboxylic acids is 1. The number of hydrogen-bond donors (Lipinski definition) is 2. The van der Waals surface area contributed by atoms with Gasteiger partial charge < -0.3 is 5.32 Å². The maximum Gasteiger partial charge on any atom is 0.235 e. The van der Waals surface area contributed by atoms with Crippen molar-refractivity contribution < 1.29 is 4.79 Å². The van der Waals surface area contributed by atoms with Crippen LogP contribution in [0.1, 0.15) is 27.7 Å². The van der Waals surface area contributed by atoms with E-state index in [-0.39, 0.29) is 29.1 Å². The fraction of sp³-hybridized carbons (Fsp3) is 0.600. The second-order valence-electron chi connectivity index (χ2n) is 4.19. The molecule has 0 saturated carbocycles. The van der Waals surface area contributed by atoms with Crippen molar-refractivity contribution in [3.8, 4) is 0 Å². The lowest BCUT2D eigenvalue weighted by atomic mass is 10.2. The van der Waals surface area contributed by atoms with E-state index in [1.54, 1.807) is 13.8 Å². The van der Waals surface area contributed by atoms with Crippen LogP contribution in [0.25, 0.3) is 0 Å². The molecule has 0 unspecified atom stereocenters. The van der Waals surface area contributed by atoms with Crippen LogP contribution < -0.4 is 10.6 Å². The fourth-order valence-electron chi connectivity index (χ4n) is 0.983. The highest BCUT2D eigenvalue weighted by Crippen LogP contribution is 2.11. The molecule has 1 aromatic rings. The Bertz CT molecular complexity index is 408. The highest BCUT2D eigenvalue weighted by atomic mass is 35.5. The molecule has 94 valence electrons. The Kier molecular flexibility index (Phi) is 4.62. The molecule has 2 N–H and O–H groups in total. The third kappa shape index (κ3) is 4.52. The molecule has 0 spiro atoms. The van der Waals surface area contributed by atoms with Crippen LogP contribution >= 0.6 is 11.6 Å². The van der Waals surface area contributed by atoms with Crippen molar-refractivity contribution >= 4 is 29.4 Å². The normalized spacial score (nSPS) is 10.8. The van der Waals surface area contributed by atoms with Gasteiger partial charge in [-0.15, -0.1) is 0 Å². The first-order valence-corrected chi connectivity index (χ1v) is 5.75. The third-order valence-corrected chi connectivity index (χ3v) is 1.95. The molecule has 0 atom stereocenters. The van der Waals surface area contributed by atoms with E-state index in [0.29, 0.717) is 5.95 Å². The zero-order chi connectivity index (χ0) is 13.0. The fourth-order valence-corrected chi connectivity index (χ4v) is 1.14. The minimum absolute atomic E-state index is 0.0437. The van der Waals surface area contributed by atoms with Crippen LogP contribution in [0.5, 0.6) is 0 Å². The monoisotopic (exact) mass is 257 g/mol. The van der Waals surface area contributed by atoms with Gasteiger partial charge in [0.2, 0.25) is 23.1 Å². The standard InChI is InChI=1S/C10H16ClN5O/c1-5(2)7(17)13-10-15-8(11)14-9(16-10)12-6(3)4/h5-6H,1-4H3,(H2,12,13,14,15,16,17). The van der Waals surface area contributed by atoms with Gasteiger partial charge in [-0.05, 0) is 25.4 Å². The van der Waals surface area contributed by atoms with Gasteiger partial charge in [-0.1, -0.05) is 13.8 Å². The molecule has 1 heterocycles. The number of anilines is 2. The largest absolute Gasteiger partial charge is 0.352 e. The summed E-state index contributed by atoms with van der Waals surface area (Å²) < 4.78 is 0. The molecular weight excluding hydrogens is 242 g/mol. The Morgan fingerprint density at radius 1 is 1.12 bits per heavy atom. The van der Waals surface area contributed by atoms with Crippen molar-refractivity contribution in [2.45, 2.75) is 33.7 Å². The van der Waals surface area contributed by atoms with Crippen LogP contribution in [0.15, 0.2) is 0 Å². The average Bonchev–Trinajstić information content (AvgIpc) is 2.14. The van der Waals surface area contributed by atoms with Gasteiger partial charge in [0, 0.05) is 12.0 Å². The Hall–Kier alpha value is -1.43. The van der Waals surface area contributed by atoms with Gasteiger partial charge in [0.25, 0.3) is 0 Å². The molecule has 0 radical (unpaired) electrons. The van der Waals surface area contributed by atoms with Gasteiger partial charge in [-0.2, -0.15) is 15.0 Å². The Morgan fingerprint density at radius 2 is 1.71 bits per heavy atom. The molecule has 7 heteroatoms. The van der Waals surface area contributed by atoms with E-state index >= 15 is 0 Å². The summed E-state index contributed by atoms with van der Waals surface area (Å²) in [6.07, 6.45) is 0. The Morgan fingerprint density at radius 3 is 2.24 bits per heavy atom. The second kappa shape index (κ2) is 5.77. The highest BCUT2D eigenvalue weighted by Gasteiger charge is 2.11. The van der Waals surface area contributed by atoms with E-state index in [9.17, 15) is 4.79 Å². The van der Waals surface area contributed by atoms with Crippen LogP contribution in [0.3, 0.4) is 0 Å². The first kappa shape index (κ1) is 13.6. The molecule has 0 aliphatic carbocycles. The van der Waals surface area contributed by atoms with Gasteiger partial charge in [-0.3, -0.25) is 10.1 Å². The van der Waals surface area contributed by atoms with Crippen LogP contribution in [-0.4, -0.2) is 26.9 Å². The van der Waals surface area contributed by atoms with Gasteiger partial charge in [0.05, 0.1) is 0 Å². The molecule has 0 aliphatic heterocycles. The van der Waals surface area contributed by atoms with Crippen LogP contribution in [0, 0.1) is 5.92 Å². The molecule has 0 fully saturated rings. The van der Waals surface area contributed by atoms with Crippen molar-refractivity contribution in [2.75, 3.05) is 10.6 Å². The SMILES string of the molecule is CC(C)Nc1nc(Cl)nc(NC(=O)C(C)C)n1. The smallest absolute Gasteiger partial charge is 0.235 e. The molecule has 0 saturated heterocycles. The van der Waals surface area contributed by atoms with E-state index in [1.165, 1.54) is 0 Å². The highest BCUT2D eigenvalue weighted by molar-refractivity contribution is 6.28. The summed E-state index contributed by atoms with van der Waals surface area (Å²) in [5, 5.41) is 5.60. The van der Waals surface area contributed by atoms with E-state index in [1.807, 2.05) is 13.8 Å². The number of nitrogens with one attached hydrogen (secondary N) is 2. The number of carbonyl (C=O) groups is 1. The van der Waals surface area contributed by atoms with E-state index < -0.39 is 0 Å². The van der Waals surface area contributed by atoms with E-state index in [2.05, 4.69) is 25.6 Å². The molecule has 17 heavy (non-hydrogen) atoms. The van der Waals surface area contributed by atoms with Crippen LogP contribution in [-0.2, 0) is 4.79 Å². The molecule has 0 aliphatic rings. The van der Waals surface area contributed by atoms with Crippen molar-refractivity contribution in [1.82, 2.24) is 15.0 Å². The number of rotatable bonds is 4. The minimum Gasteiger partial charge on any atom is -0.352 e. The van der Waals surface area contributed by atoms with Gasteiger partial charge in [0.15, 0.2) is 0 Å². The lowest BCUT2D eigenvalue weighted by Crippen LogP contribution is -2.21. The summed E-state index contributed by atoms with van der Waals surface area (Å²) >= 11 is 5.74. The Balaban J connectivity index is 2.85. The van der Waals surface area contributed by atoms with Crippen molar-refractivity contribution in [3.63, 3.8) is 0 Å². The molecule has 1 amide bonds. The average molecular weight is 258 g/mol. The summed E-state index contributed by atoms with van der Waals surface area (Å²) in [5.74, 6) is 0.195. The number of amides is 1. The summed E-state index contributed by atoms with van der Waals surface area (Å²) in [6, 6.07) is 0.169.